The molecule has 5 heterocycles. The number of aromatic nitrogens is 4. The van der Waals surface area contributed by atoms with E-state index in [-0.39, 0.29) is 42.8 Å². The summed E-state index contributed by atoms with van der Waals surface area (Å²) < 4.78 is 0. The molecular weight excluding hydrogens is 584 g/mol. The van der Waals surface area contributed by atoms with Crippen LogP contribution in [0, 0.1) is 26.2 Å². The van der Waals surface area contributed by atoms with E-state index in [1.807, 2.05) is 52.0 Å². The van der Waals surface area contributed by atoms with Gasteiger partial charge in [-0.15, -0.1) is 28.5 Å². The SMILES string of the molecule is C#Cc1c(C)c2cc3[n-]c(cc4nc(cc5nc(cc1[n-]2)C(C)=C5C=C)C(C)=C4CCC(=O)O)c(CCC(=O)O)c3C.[Fe+2]. The number of hydrogen-bond acceptors (Lipinski definition) is 4. The summed E-state index contributed by atoms with van der Waals surface area (Å²) in [5.41, 5.74) is 11.8. The van der Waals surface area contributed by atoms with Crippen molar-refractivity contribution in [2.24, 2.45) is 0 Å². The Morgan fingerprint density at radius 1 is 0.814 bits per heavy atom. The largest absolute Gasteiger partial charge is 2.00 e. The van der Waals surface area contributed by atoms with Crippen LogP contribution in [0.3, 0.4) is 0 Å². The Balaban J connectivity index is 0.00000423. The van der Waals surface area contributed by atoms with E-state index < -0.39 is 11.9 Å². The molecule has 0 fully saturated rings. The molecule has 218 valence electrons. The van der Waals surface area contributed by atoms with Crippen LogP contribution in [0.5, 0.6) is 0 Å². The minimum Gasteiger partial charge on any atom is -0.657 e. The Bertz CT molecular complexity index is 1970. The molecule has 2 aliphatic heterocycles. The van der Waals surface area contributed by atoms with Crippen LogP contribution in [-0.2, 0) is 33.1 Å². The predicted octanol–water partition coefficient (Wildman–Crippen LogP) is 6.10. The molecule has 0 saturated heterocycles. The molecule has 0 aliphatic carbocycles. The van der Waals surface area contributed by atoms with Crippen LogP contribution in [-0.4, -0.2) is 32.1 Å². The minimum atomic E-state index is -0.908. The fraction of sp³-hybridized carbons (Fsp3) is 0.235. The summed E-state index contributed by atoms with van der Waals surface area (Å²) in [6.45, 7) is 11.7. The predicted molar refractivity (Wildman–Crippen MR) is 164 cm³/mol. The van der Waals surface area contributed by atoms with Crippen LogP contribution < -0.4 is 9.97 Å². The molecule has 2 aliphatic rings. The Morgan fingerprint density at radius 3 is 2.05 bits per heavy atom. The van der Waals surface area contributed by atoms with Gasteiger partial charge >= 0.3 is 29.0 Å². The van der Waals surface area contributed by atoms with Crippen molar-refractivity contribution in [1.82, 2.24) is 19.9 Å². The molecule has 43 heavy (non-hydrogen) atoms. The number of aryl methyl sites for hydroxylation is 3. The van der Waals surface area contributed by atoms with Crippen LogP contribution in [0.25, 0.3) is 44.4 Å². The van der Waals surface area contributed by atoms with Gasteiger partial charge in [-0.2, -0.15) is 0 Å². The van der Waals surface area contributed by atoms with Crippen molar-refractivity contribution in [1.29, 1.82) is 0 Å². The zero-order valence-corrected chi connectivity index (χ0v) is 25.5. The monoisotopic (exact) mass is 614 g/mol. The Hall–Kier alpha value is -4.64. The van der Waals surface area contributed by atoms with Crippen molar-refractivity contribution >= 4 is 56.3 Å². The number of terminal acetylenes is 1. The van der Waals surface area contributed by atoms with E-state index in [2.05, 4.69) is 12.5 Å². The van der Waals surface area contributed by atoms with Crippen molar-refractivity contribution in [3.8, 4) is 12.3 Å². The van der Waals surface area contributed by atoms with Crippen molar-refractivity contribution in [3.63, 3.8) is 0 Å². The first kappa shape index (κ1) is 31.3. The first-order valence-electron chi connectivity index (χ1n) is 13.6. The van der Waals surface area contributed by atoms with E-state index in [1.54, 1.807) is 6.08 Å². The minimum absolute atomic E-state index is 0. The van der Waals surface area contributed by atoms with E-state index in [4.69, 9.17) is 26.4 Å². The third kappa shape index (κ3) is 5.85. The van der Waals surface area contributed by atoms with Gasteiger partial charge in [-0.05, 0) is 69.4 Å². The zero-order chi connectivity index (χ0) is 30.3. The molecule has 0 atom stereocenters. The van der Waals surface area contributed by atoms with Crippen LogP contribution >= 0.6 is 0 Å². The van der Waals surface area contributed by atoms with Crippen LogP contribution in [0.2, 0.25) is 0 Å². The standard InChI is InChI=1S/C34H32N4O4.Fe/c1-7-21-17(3)25-13-26-19(5)23(9-11-33(39)40)31(37-26)16-32-24(10-12-34(41)42)20(6)28(38-32)15-30-22(8-2)18(4)27(36-30)14-29(21)35-25;/h1,8,13-16H,2,9-12H2,3-6H3,(H4,35,36,37,38,39,40,41,42);/q;+2/p-2. The third-order valence-electron chi connectivity index (χ3n) is 7.96. The van der Waals surface area contributed by atoms with Crippen LogP contribution in [0.1, 0.15) is 78.1 Å². The third-order valence-corrected chi connectivity index (χ3v) is 7.96. The number of nitrogens with zero attached hydrogens (tertiary/aromatic N) is 4. The van der Waals surface area contributed by atoms with Crippen molar-refractivity contribution < 1.29 is 36.9 Å². The Labute approximate surface area is 260 Å². The van der Waals surface area contributed by atoms with E-state index in [9.17, 15) is 19.8 Å². The maximum absolute atomic E-state index is 11.5. The van der Waals surface area contributed by atoms with Crippen LogP contribution in [0.15, 0.2) is 36.9 Å². The Morgan fingerprint density at radius 2 is 1.40 bits per heavy atom. The Kier molecular flexibility index (Phi) is 8.96. The normalized spacial score (nSPS) is 12.6. The van der Waals surface area contributed by atoms with Crippen molar-refractivity contribution in [2.45, 2.75) is 53.4 Å². The van der Waals surface area contributed by atoms with Gasteiger partial charge in [0.05, 0.1) is 22.8 Å². The number of fused-ring (bicyclic) bond motifs is 8. The molecule has 2 N–H and O–H groups in total. The number of rotatable bonds is 7. The molecule has 3 aromatic rings. The van der Waals surface area contributed by atoms with E-state index in [0.29, 0.717) is 50.4 Å². The summed E-state index contributed by atoms with van der Waals surface area (Å²) in [4.78, 5) is 42.6. The van der Waals surface area contributed by atoms with Gasteiger partial charge < -0.3 is 20.2 Å². The molecular formula is C34H30FeN4O4. The van der Waals surface area contributed by atoms with E-state index in [0.717, 1.165) is 39.0 Å². The smallest absolute Gasteiger partial charge is 0.657 e. The molecule has 8 bridgehead atoms. The quantitative estimate of drug-likeness (QED) is 0.242. The van der Waals surface area contributed by atoms with Gasteiger partial charge in [-0.25, -0.2) is 9.97 Å². The first-order chi connectivity index (χ1) is 20.0. The number of hydrogen-bond donors (Lipinski definition) is 2. The van der Waals surface area contributed by atoms with Gasteiger partial charge in [0, 0.05) is 24.0 Å². The molecule has 0 saturated carbocycles. The first-order valence-corrected chi connectivity index (χ1v) is 13.6. The van der Waals surface area contributed by atoms with Crippen molar-refractivity contribution in [3.05, 3.63) is 81.9 Å². The van der Waals surface area contributed by atoms with Gasteiger partial charge in [-0.1, -0.05) is 47.4 Å². The molecule has 0 amide bonds. The molecule has 8 nitrogen and oxygen atoms in total. The summed E-state index contributed by atoms with van der Waals surface area (Å²) in [6, 6.07) is 7.46. The number of carboxylic acid groups (broad SMARTS) is 2. The van der Waals surface area contributed by atoms with Gasteiger partial charge in [0.25, 0.3) is 0 Å². The average Bonchev–Trinajstić information content (AvgIpc) is 3.59. The summed E-state index contributed by atoms with van der Waals surface area (Å²) in [7, 11) is 0. The topological polar surface area (TPSA) is 129 Å². The zero-order valence-electron chi connectivity index (χ0n) is 24.4. The molecule has 0 spiro atoms. The van der Waals surface area contributed by atoms with E-state index >= 15 is 0 Å². The number of allylic oxidation sites excluding steroid dienone is 5. The second-order valence-corrected chi connectivity index (χ2v) is 10.5. The number of carboxylic acids is 2. The van der Waals surface area contributed by atoms with Crippen molar-refractivity contribution in [2.75, 3.05) is 0 Å². The molecule has 9 heteroatoms. The van der Waals surface area contributed by atoms with Gasteiger partial charge in [0.15, 0.2) is 0 Å². The van der Waals surface area contributed by atoms with Gasteiger partial charge in [-0.3, -0.25) is 9.59 Å². The second-order valence-electron chi connectivity index (χ2n) is 10.5. The summed E-state index contributed by atoms with van der Waals surface area (Å²) >= 11 is 0. The molecule has 3 aromatic heterocycles. The maximum Gasteiger partial charge on any atom is 2.00 e. The van der Waals surface area contributed by atoms with Gasteiger partial charge in [0.1, 0.15) is 0 Å². The fourth-order valence-corrected chi connectivity index (χ4v) is 5.52. The second kappa shape index (κ2) is 12.3. The average molecular weight is 614 g/mol. The van der Waals surface area contributed by atoms with Gasteiger partial charge in [0.2, 0.25) is 0 Å². The molecule has 5 rings (SSSR count). The number of aliphatic carboxylic acids is 2. The van der Waals surface area contributed by atoms with E-state index in [1.165, 1.54) is 0 Å². The fourth-order valence-electron chi connectivity index (χ4n) is 5.52. The summed E-state index contributed by atoms with van der Waals surface area (Å²) in [5.74, 6) is 0.963. The molecule has 0 radical (unpaired) electrons. The molecule has 0 unspecified atom stereocenters. The number of carbonyl (C=O) groups is 2. The van der Waals surface area contributed by atoms with Crippen LogP contribution in [0.4, 0.5) is 0 Å². The molecule has 0 aromatic carbocycles. The maximum atomic E-state index is 11.5. The summed E-state index contributed by atoms with van der Waals surface area (Å²) in [6.07, 6.45) is 8.12. The summed E-state index contributed by atoms with van der Waals surface area (Å²) in [5, 5.41) is 18.9.